The van der Waals surface area contributed by atoms with Crippen molar-refractivity contribution in [2.24, 2.45) is 11.8 Å². The van der Waals surface area contributed by atoms with E-state index in [0.717, 1.165) is 11.8 Å². The molecule has 0 aliphatic rings. The smallest absolute Gasteiger partial charge is 0.0417 e. The Morgan fingerprint density at radius 1 is 0.440 bits per heavy atom. The van der Waals surface area contributed by atoms with E-state index in [-0.39, 0.29) is 0 Å². The van der Waals surface area contributed by atoms with Gasteiger partial charge in [0.2, 0.25) is 0 Å². The maximum atomic E-state index is 2.50. The number of rotatable bonds is 20. The van der Waals surface area contributed by atoms with E-state index in [1.165, 1.54) is 122 Å². The predicted molar refractivity (Wildman–Crippen MR) is 117 cm³/mol. The molecule has 0 aliphatic carbocycles. The summed E-state index contributed by atoms with van der Waals surface area (Å²) in [5, 5.41) is 0. The first-order chi connectivity index (χ1) is 12.2. The molecule has 0 saturated carbocycles. The molecule has 2 atom stereocenters. The number of hydrogen-bond donors (Lipinski definition) is 0. The molecule has 0 aliphatic heterocycles. The molecule has 25 heavy (non-hydrogen) atoms. The van der Waals surface area contributed by atoms with Gasteiger partial charge in [-0.1, -0.05) is 150 Å². The molecule has 0 N–H and O–H groups in total. The van der Waals surface area contributed by atoms with Crippen molar-refractivity contribution >= 4 is 0 Å². The van der Waals surface area contributed by atoms with E-state index in [1.54, 1.807) is 0 Å². The Hall–Kier alpha value is 0. The SMILES string of the molecule is CCCCCCCCCC(C)CCC(CC)CCCCCCCCC. The molecule has 0 rings (SSSR count). The van der Waals surface area contributed by atoms with Gasteiger partial charge in [0.25, 0.3) is 0 Å². The fourth-order valence-corrected chi connectivity index (χ4v) is 4.06. The Labute approximate surface area is 161 Å². The second-order valence-electron chi connectivity index (χ2n) is 8.78. The van der Waals surface area contributed by atoms with E-state index in [2.05, 4.69) is 27.7 Å². The van der Waals surface area contributed by atoms with E-state index in [4.69, 9.17) is 0 Å². The van der Waals surface area contributed by atoms with Crippen LogP contribution in [0.15, 0.2) is 0 Å². The quantitative estimate of drug-likeness (QED) is 0.191. The highest BCUT2D eigenvalue weighted by atomic mass is 14.2. The minimum absolute atomic E-state index is 0.957. The Balaban J connectivity index is 3.47. The van der Waals surface area contributed by atoms with Gasteiger partial charge in [0.05, 0.1) is 0 Å². The van der Waals surface area contributed by atoms with Crippen LogP contribution in [0.2, 0.25) is 0 Å². The molecule has 0 fully saturated rings. The summed E-state index contributed by atoms with van der Waals surface area (Å²) in [6, 6.07) is 0. The van der Waals surface area contributed by atoms with Gasteiger partial charge < -0.3 is 0 Å². The fourth-order valence-electron chi connectivity index (χ4n) is 4.06. The van der Waals surface area contributed by atoms with Gasteiger partial charge in [-0.3, -0.25) is 0 Å². The highest BCUT2D eigenvalue weighted by molar-refractivity contribution is 4.62. The van der Waals surface area contributed by atoms with Gasteiger partial charge in [-0.2, -0.15) is 0 Å². The van der Waals surface area contributed by atoms with Crippen LogP contribution < -0.4 is 0 Å². The first-order valence-electron chi connectivity index (χ1n) is 12.2. The molecule has 0 radical (unpaired) electrons. The van der Waals surface area contributed by atoms with Gasteiger partial charge in [-0.05, 0) is 11.8 Å². The molecule has 152 valence electrons. The summed E-state index contributed by atoms with van der Waals surface area (Å²) in [6.07, 6.45) is 27.7. The molecule has 0 saturated heterocycles. The van der Waals surface area contributed by atoms with E-state index in [1.807, 2.05) is 0 Å². The Morgan fingerprint density at radius 3 is 1.36 bits per heavy atom. The molecule has 0 bridgehead atoms. The van der Waals surface area contributed by atoms with Crippen molar-refractivity contribution < 1.29 is 0 Å². The van der Waals surface area contributed by atoms with Gasteiger partial charge in [0, 0.05) is 0 Å². The van der Waals surface area contributed by atoms with Crippen LogP contribution in [0.3, 0.4) is 0 Å². The molecule has 0 aromatic carbocycles. The van der Waals surface area contributed by atoms with E-state index in [0.29, 0.717) is 0 Å². The van der Waals surface area contributed by atoms with Gasteiger partial charge in [-0.25, -0.2) is 0 Å². The largest absolute Gasteiger partial charge is 0.0654 e. The normalized spacial score (nSPS) is 13.9. The monoisotopic (exact) mass is 352 g/mol. The average Bonchev–Trinajstić information content (AvgIpc) is 2.62. The molecule has 0 heterocycles. The Bertz CT molecular complexity index is 232. The van der Waals surface area contributed by atoms with Crippen LogP contribution in [-0.2, 0) is 0 Å². The third-order valence-corrected chi connectivity index (χ3v) is 6.16. The standard InChI is InChI=1S/C25H52/c1-5-8-10-12-14-16-18-20-24(4)22-23-25(7-3)21-19-17-15-13-11-9-6-2/h24-25H,5-23H2,1-4H3. The summed E-state index contributed by atoms with van der Waals surface area (Å²) in [7, 11) is 0. The van der Waals surface area contributed by atoms with Crippen LogP contribution in [-0.4, -0.2) is 0 Å². The van der Waals surface area contributed by atoms with Crippen molar-refractivity contribution in [3.63, 3.8) is 0 Å². The zero-order valence-corrected chi connectivity index (χ0v) is 18.6. The lowest BCUT2D eigenvalue weighted by Crippen LogP contribution is -2.03. The Morgan fingerprint density at radius 2 is 0.880 bits per heavy atom. The first kappa shape index (κ1) is 25.0. The summed E-state index contributed by atoms with van der Waals surface area (Å²) < 4.78 is 0. The molecule has 0 nitrogen and oxygen atoms in total. The molecule has 0 heteroatoms. The molecular weight excluding hydrogens is 300 g/mol. The van der Waals surface area contributed by atoms with Crippen molar-refractivity contribution in [1.29, 1.82) is 0 Å². The summed E-state index contributed by atoms with van der Waals surface area (Å²) in [5.74, 6) is 1.96. The highest BCUT2D eigenvalue weighted by Crippen LogP contribution is 2.24. The van der Waals surface area contributed by atoms with Crippen molar-refractivity contribution in [3.8, 4) is 0 Å². The zero-order valence-electron chi connectivity index (χ0n) is 18.6. The second kappa shape index (κ2) is 20.3. The average molecular weight is 353 g/mol. The highest BCUT2D eigenvalue weighted by Gasteiger charge is 2.09. The van der Waals surface area contributed by atoms with Crippen LogP contribution in [0.5, 0.6) is 0 Å². The topological polar surface area (TPSA) is 0 Å². The molecule has 0 amide bonds. The van der Waals surface area contributed by atoms with Crippen molar-refractivity contribution in [2.45, 2.75) is 150 Å². The lowest BCUT2D eigenvalue weighted by Gasteiger charge is -2.18. The third-order valence-electron chi connectivity index (χ3n) is 6.16. The van der Waals surface area contributed by atoms with E-state index >= 15 is 0 Å². The molecule has 0 spiro atoms. The predicted octanol–water partition coefficient (Wildman–Crippen LogP) is 9.71. The van der Waals surface area contributed by atoms with E-state index in [9.17, 15) is 0 Å². The van der Waals surface area contributed by atoms with Crippen LogP contribution in [0.4, 0.5) is 0 Å². The second-order valence-corrected chi connectivity index (χ2v) is 8.78. The summed E-state index contributed by atoms with van der Waals surface area (Å²) in [6.45, 7) is 9.52. The molecular formula is C25H52. The van der Waals surface area contributed by atoms with Gasteiger partial charge >= 0.3 is 0 Å². The van der Waals surface area contributed by atoms with Gasteiger partial charge in [0.1, 0.15) is 0 Å². The summed E-state index contributed by atoms with van der Waals surface area (Å²) in [4.78, 5) is 0. The van der Waals surface area contributed by atoms with Gasteiger partial charge in [-0.15, -0.1) is 0 Å². The minimum atomic E-state index is 0.957. The zero-order chi connectivity index (χ0) is 18.6. The van der Waals surface area contributed by atoms with E-state index < -0.39 is 0 Å². The number of hydrogen-bond acceptors (Lipinski definition) is 0. The third kappa shape index (κ3) is 18.6. The lowest BCUT2D eigenvalue weighted by atomic mass is 9.88. The fraction of sp³-hybridized carbons (Fsp3) is 1.00. The maximum absolute atomic E-state index is 2.50. The molecule has 0 aromatic rings. The molecule has 2 unspecified atom stereocenters. The summed E-state index contributed by atoms with van der Waals surface area (Å²) >= 11 is 0. The molecule has 0 aromatic heterocycles. The van der Waals surface area contributed by atoms with Crippen molar-refractivity contribution in [2.75, 3.05) is 0 Å². The van der Waals surface area contributed by atoms with Crippen LogP contribution in [0, 0.1) is 11.8 Å². The van der Waals surface area contributed by atoms with Crippen LogP contribution in [0.1, 0.15) is 150 Å². The number of unbranched alkanes of at least 4 members (excludes halogenated alkanes) is 12. The van der Waals surface area contributed by atoms with Crippen molar-refractivity contribution in [3.05, 3.63) is 0 Å². The van der Waals surface area contributed by atoms with Crippen molar-refractivity contribution in [1.82, 2.24) is 0 Å². The minimum Gasteiger partial charge on any atom is -0.0654 e. The van der Waals surface area contributed by atoms with Crippen LogP contribution in [0.25, 0.3) is 0 Å². The first-order valence-corrected chi connectivity index (χ1v) is 12.2. The van der Waals surface area contributed by atoms with Crippen LogP contribution >= 0.6 is 0 Å². The maximum Gasteiger partial charge on any atom is -0.0417 e. The lowest BCUT2D eigenvalue weighted by molar-refractivity contribution is 0.352. The van der Waals surface area contributed by atoms with Gasteiger partial charge in [0.15, 0.2) is 0 Å². The summed E-state index contributed by atoms with van der Waals surface area (Å²) in [5.41, 5.74) is 0. The Kier molecular flexibility index (Phi) is 20.3.